The number of carbonyl (C=O) groups is 1. The molecule has 1 aliphatic rings. The third kappa shape index (κ3) is 7.07. The van der Waals surface area contributed by atoms with Crippen LogP contribution in [0.25, 0.3) is 11.2 Å². The molecule has 2 aromatic heterocycles. The monoisotopic (exact) mass is 511 g/mol. The van der Waals surface area contributed by atoms with Gasteiger partial charge in [0.15, 0.2) is 11.5 Å². The molecule has 0 aliphatic carbocycles. The summed E-state index contributed by atoms with van der Waals surface area (Å²) in [4.78, 5) is 37.8. The number of fused-ring (bicyclic) bond motifs is 1. The number of hydrogen-bond acceptors (Lipinski definition) is 8. The van der Waals surface area contributed by atoms with E-state index in [1.807, 2.05) is 24.3 Å². The number of H-pyrrole nitrogens is 1. The van der Waals surface area contributed by atoms with Gasteiger partial charge in [-0.15, -0.1) is 0 Å². The van der Waals surface area contributed by atoms with Gasteiger partial charge in [-0.05, 0) is 49.9 Å². The molecule has 0 unspecified atom stereocenters. The third-order valence-electron chi connectivity index (χ3n) is 6.74. The molecule has 0 bridgehead atoms. The van der Waals surface area contributed by atoms with Crippen LogP contribution in [0.15, 0.2) is 29.1 Å². The molecule has 37 heavy (non-hydrogen) atoms. The van der Waals surface area contributed by atoms with Crippen LogP contribution in [-0.2, 0) is 24.3 Å². The standard InChI is InChI=1S/C26H37N7O4/c1-2-3-14-37-25-30-23(27)22-24(31-25)33(26(36)29-22)13-5-12-32(20-8-10-28-11-9-20)17-19-7-4-6-18(15-19)16-21(34)35/h4,6-7,15,20,28H,2-3,5,8-14,16-17H2,1H3,(H,29,36)(H,34,35)(H2,27,30,31). The minimum atomic E-state index is -0.833. The fraction of sp³-hybridized carbons (Fsp3) is 0.538. The lowest BCUT2D eigenvalue weighted by Gasteiger charge is -2.35. The first-order valence-electron chi connectivity index (χ1n) is 13.1. The first-order valence-corrected chi connectivity index (χ1v) is 13.1. The van der Waals surface area contributed by atoms with Gasteiger partial charge in [-0.2, -0.15) is 9.97 Å². The number of benzene rings is 1. The van der Waals surface area contributed by atoms with Crippen molar-refractivity contribution in [3.63, 3.8) is 0 Å². The molecule has 1 aromatic carbocycles. The second-order valence-electron chi connectivity index (χ2n) is 9.57. The fourth-order valence-corrected chi connectivity index (χ4v) is 4.85. The summed E-state index contributed by atoms with van der Waals surface area (Å²) < 4.78 is 7.24. The van der Waals surface area contributed by atoms with Gasteiger partial charge < -0.3 is 25.9 Å². The summed E-state index contributed by atoms with van der Waals surface area (Å²) in [5, 5.41) is 12.6. The summed E-state index contributed by atoms with van der Waals surface area (Å²) in [6.45, 7) is 6.50. The number of hydrogen-bond donors (Lipinski definition) is 4. The Bertz CT molecular complexity index is 1250. The fourth-order valence-electron chi connectivity index (χ4n) is 4.85. The van der Waals surface area contributed by atoms with Gasteiger partial charge >= 0.3 is 17.7 Å². The molecule has 11 heteroatoms. The van der Waals surface area contributed by atoms with Crippen molar-refractivity contribution in [1.82, 2.24) is 29.7 Å². The Morgan fingerprint density at radius 2 is 2.03 bits per heavy atom. The summed E-state index contributed by atoms with van der Waals surface area (Å²) in [6, 6.07) is 8.40. The summed E-state index contributed by atoms with van der Waals surface area (Å²) in [6.07, 6.45) is 4.71. The number of nitrogens with one attached hydrogen (secondary N) is 2. The van der Waals surface area contributed by atoms with E-state index >= 15 is 0 Å². The molecule has 0 amide bonds. The van der Waals surface area contributed by atoms with Crippen molar-refractivity contribution < 1.29 is 14.6 Å². The molecular formula is C26H37N7O4. The van der Waals surface area contributed by atoms with Crippen LogP contribution in [0.4, 0.5) is 5.82 Å². The van der Waals surface area contributed by atoms with Gasteiger partial charge in [0, 0.05) is 25.7 Å². The van der Waals surface area contributed by atoms with Gasteiger partial charge in [0.25, 0.3) is 0 Å². The van der Waals surface area contributed by atoms with Gasteiger partial charge in [0.05, 0.1) is 13.0 Å². The van der Waals surface area contributed by atoms with E-state index in [0.29, 0.717) is 30.4 Å². The number of nitrogens with zero attached hydrogens (tertiary/aromatic N) is 4. The Kier molecular flexibility index (Phi) is 9.13. The number of nitrogen functional groups attached to an aromatic ring is 1. The molecule has 0 radical (unpaired) electrons. The van der Waals surface area contributed by atoms with Gasteiger partial charge in [-0.3, -0.25) is 14.3 Å². The number of aromatic nitrogens is 4. The van der Waals surface area contributed by atoms with Crippen molar-refractivity contribution in [2.75, 3.05) is 32.0 Å². The highest BCUT2D eigenvalue weighted by atomic mass is 16.5. The van der Waals surface area contributed by atoms with Crippen molar-refractivity contribution in [3.05, 3.63) is 45.9 Å². The smallest absolute Gasteiger partial charge is 0.327 e. The lowest BCUT2D eigenvalue weighted by Crippen LogP contribution is -2.43. The predicted octanol–water partition coefficient (Wildman–Crippen LogP) is 2.15. The van der Waals surface area contributed by atoms with Crippen LogP contribution in [0, 0.1) is 0 Å². The Hall–Kier alpha value is -3.44. The largest absolute Gasteiger partial charge is 0.481 e. The van der Waals surface area contributed by atoms with Gasteiger partial charge in [-0.1, -0.05) is 37.6 Å². The lowest BCUT2D eigenvalue weighted by molar-refractivity contribution is -0.136. The number of unbranched alkanes of at least 4 members (excludes halogenated alkanes) is 1. The third-order valence-corrected chi connectivity index (χ3v) is 6.74. The molecular weight excluding hydrogens is 474 g/mol. The van der Waals surface area contributed by atoms with Gasteiger partial charge in [0.2, 0.25) is 0 Å². The number of carboxylic acids is 1. The Morgan fingerprint density at radius 3 is 2.78 bits per heavy atom. The Balaban J connectivity index is 1.48. The number of aromatic amines is 1. The van der Waals surface area contributed by atoms with Gasteiger partial charge in [-0.25, -0.2) is 4.79 Å². The van der Waals surface area contributed by atoms with E-state index < -0.39 is 5.97 Å². The highest BCUT2D eigenvalue weighted by molar-refractivity contribution is 5.81. The lowest BCUT2D eigenvalue weighted by atomic mass is 10.0. The Labute approximate surface area is 216 Å². The maximum atomic E-state index is 12.7. The zero-order valence-electron chi connectivity index (χ0n) is 21.4. The van der Waals surface area contributed by atoms with Crippen LogP contribution in [-0.4, -0.2) is 67.8 Å². The highest BCUT2D eigenvalue weighted by Crippen LogP contribution is 2.20. The number of rotatable bonds is 13. The van der Waals surface area contributed by atoms with Crippen molar-refractivity contribution in [3.8, 4) is 6.01 Å². The first-order chi connectivity index (χ1) is 17.9. The molecule has 0 saturated carbocycles. The topological polar surface area (TPSA) is 151 Å². The molecule has 1 aliphatic heterocycles. The number of piperidine rings is 1. The SMILES string of the molecule is CCCCOc1nc(N)c2[nH]c(=O)n(CCCN(Cc3cccc(CC(=O)O)c3)C3CCNCC3)c2n1. The molecule has 4 rings (SSSR count). The van der Waals surface area contributed by atoms with E-state index in [-0.39, 0.29) is 23.9 Å². The van der Waals surface area contributed by atoms with E-state index in [0.717, 1.165) is 69.4 Å². The van der Waals surface area contributed by atoms with E-state index in [1.165, 1.54) is 0 Å². The number of nitrogens with two attached hydrogens (primary N) is 1. The summed E-state index contributed by atoms with van der Waals surface area (Å²) in [7, 11) is 0. The molecule has 0 spiro atoms. The number of aliphatic carboxylic acids is 1. The zero-order chi connectivity index (χ0) is 26.2. The average molecular weight is 512 g/mol. The maximum Gasteiger partial charge on any atom is 0.327 e. The molecule has 1 fully saturated rings. The normalized spacial score (nSPS) is 14.4. The van der Waals surface area contributed by atoms with Crippen LogP contribution >= 0.6 is 0 Å². The molecule has 200 valence electrons. The molecule has 3 heterocycles. The van der Waals surface area contributed by atoms with Crippen LogP contribution in [0.1, 0.15) is 50.2 Å². The number of aryl methyl sites for hydroxylation is 1. The summed E-state index contributed by atoms with van der Waals surface area (Å²) in [5.41, 5.74) is 8.59. The maximum absolute atomic E-state index is 12.7. The highest BCUT2D eigenvalue weighted by Gasteiger charge is 2.22. The van der Waals surface area contributed by atoms with E-state index in [9.17, 15) is 9.59 Å². The predicted molar refractivity (Wildman–Crippen MR) is 142 cm³/mol. The summed E-state index contributed by atoms with van der Waals surface area (Å²) in [5.74, 6) is -0.634. The van der Waals surface area contributed by atoms with E-state index in [4.69, 9.17) is 15.6 Å². The quantitative estimate of drug-likeness (QED) is 0.253. The van der Waals surface area contributed by atoms with Crippen molar-refractivity contribution in [1.29, 1.82) is 0 Å². The minimum absolute atomic E-state index is 0.0137. The van der Waals surface area contributed by atoms with Crippen molar-refractivity contribution in [2.24, 2.45) is 0 Å². The summed E-state index contributed by atoms with van der Waals surface area (Å²) >= 11 is 0. The molecule has 0 atom stereocenters. The molecule has 11 nitrogen and oxygen atoms in total. The van der Waals surface area contributed by atoms with Crippen LogP contribution in [0.3, 0.4) is 0 Å². The first kappa shape index (κ1) is 26.6. The Morgan fingerprint density at radius 1 is 1.24 bits per heavy atom. The van der Waals surface area contributed by atoms with Crippen molar-refractivity contribution >= 4 is 23.0 Å². The molecule has 1 saturated heterocycles. The zero-order valence-corrected chi connectivity index (χ0v) is 21.4. The minimum Gasteiger partial charge on any atom is -0.481 e. The molecule has 5 N–H and O–H groups in total. The van der Waals surface area contributed by atoms with Crippen LogP contribution in [0.2, 0.25) is 0 Å². The van der Waals surface area contributed by atoms with Crippen molar-refractivity contribution in [2.45, 2.75) is 64.6 Å². The number of imidazole rings is 1. The second-order valence-corrected chi connectivity index (χ2v) is 9.57. The van der Waals surface area contributed by atoms with Crippen LogP contribution < -0.4 is 21.5 Å². The number of carboxylic acid groups (broad SMARTS) is 1. The van der Waals surface area contributed by atoms with Gasteiger partial charge in [0.1, 0.15) is 5.52 Å². The van der Waals surface area contributed by atoms with Crippen LogP contribution in [0.5, 0.6) is 6.01 Å². The molecule has 3 aromatic rings. The number of anilines is 1. The number of ether oxygens (including phenoxy) is 1. The average Bonchev–Trinajstić information content (AvgIpc) is 3.19. The second kappa shape index (κ2) is 12.7. The van der Waals surface area contributed by atoms with E-state index in [1.54, 1.807) is 4.57 Å². The van der Waals surface area contributed by atoms with E-state index in [2.05, 4.69) is 32.1 Å².